The van der Waals surface area contributed by atoms with E-state index in [0.717, 1.165) is 96.3 Å². The molecule has 0 saturated heterocycles. The van der Waals surface area contributed by atoms with Crippen molar-refractivity contribution in [1.82, 2.24) is 0 Å². The molecule has 1 unspecified atom stereocenters. The van der Waals surface area contributed by atoms with Gasteiger partial charge in [0.15, 0.2) is 6.10 Å². The van der Waals surface area contributed by atoms with Crippen molar-refractivity contribution >= 4 is 11.9 Å². The van der Waals surface area contributed by atoms with Gasteiger partial charge in [0.1, 0.15) is 6.61 Å². The quantitative estimate of drug-likeness (QED) is 0.0345. The van der Waals surface area contributed by atoms with Gasteiger partial charge in [0.2, 0.25) is 0 Å². The summed E-state index contributed by atoms with van der Waals surface area (Å²) in [5.41, 5.74) is 0. The van der Waals surface area contributed by atoms with E-state index in [0.29, 0.717) is 19.4 Å². The molecule has 0 aliphatic heterocycles. The first kappa shape index (κ1) is 64.0. The largest absolute Gasteiger partial charge is 0.462 e. The summed E-state index contributed by atoms with van der Waals surface area (Å²) in [6.45, 7) is 7.31. The SMILES string of the molecule is CC/C=C\C/C=C\C/C=C\C/C=C\C/C=C\C/C=C\CCC(=O)OCC(COCC/C=C\C/C=C\C/C=C\C/C=C\C/C=C\CC)OC(=O)CCCCCCCCCCCCCCCCCCC. The number of hydrogen-bond acceptors (Lipinski definition) is 5. The molecule has 0 rings (SSSR count). The predicted octanol–water partition coefficient (Wildman–Crippen LogP) is 19.1. The summed E-state index contributed by atoms with van der Waals surface area (Å²) in [6.07, 6.45) is 82.2. The third kappa shape index (κ3) is 54.6. The minimum atomic E-state index is -0.614. The zero-order chi connectivity index (χ0) is 49.2. The number of carbonyl (C=O) groups excluding carboxylic acids is 2. The number of carbonyl (C=O) groups is 2. The Hall–Kier alpha value is -3.96. The fourth-order valence-corrected chi connectivity index (χ4v) is 7.19. The molecule has 0 aromatic heterocycles. The van der Waals surface area contributed by atoms with Crippen molar-refractivity contribution in [3.63, 3.8) is 0 Å². The summed E-state index contributed by atoms with van der Waals surface area (Å²) in [4.78, 5) is 25.5. The van der Waals surface area contributed by atoms with E-state index >= 15 is 0 Å². The minimum absolute atomic E-state index is 0.00897. The van der Waals surface area contributed by atoms with Crippen LogP contribution in [0.15, 0.2) is 134 Å². The van der Waals surface area contributed by atoms with Crippen molar-refractivity contribution in [1.29, 1.82) is 0 Å². The molecule has 0 spiro atoms. The summed E-state index contributed by atoms with van der Waals surface area (Å²) in [5, 5.41) is 0. The highest BCUT2D eigenvalue weighted by Gasteiger charge is 2.17. The lowest BCUT2D eigenvalue weighted by Gasteiger charge is -2.18. The monoisotopic (exact) mass is 939 g/mol. The Morgan fingerprint density at radius 3 is 1.03 bits per heavy atom. The highest BCUT2D eigenvalue weighted by molar-refractivity contribution is 5.70. The molecule has 0 aliphatic rings. The van der Waals surface area contributed by atoms with E-state index in [4.69, 9.17) is 14.2 Å². The summed E-state index contributed by atoms with van der Waals surface area (Å²) in [7, 11) is 0. The third-order valence-electron chi connectivity index (χ3n) is 11.2. The predicted molar refractivity (Wildman–Crippen MR) is 297 cm³/mol. The van der Waals surface area contributed by atoms with Crippen molar-refractivity contribution in [2.75, 3.05) is 19.8 Å². The molecule has 0 aliphatic carbocycles. The Bertz CT molecular complexity index is 1430. The van der Waals surface area contributed by atoms with Gasteiger partial charge in [-0.15, -0.1) is 0 Å². The Morgan fingerprint density at radius 1 is 0.338 bits per heavy atom. The molecular formula is C63H102O5. The molecule has 5 nitrogen and oxygen atoms in total. The molecule has 5 heteroatoms. The lowest BCUT2D eigenvalue weighted by Crippen LogP contribution is -2.30. The zero-order valence-corrected chi connectivity index (χ0v) is 44.1. The molecule has 0 radical (unpaired) electrons. The van der Waals surface area contributed by atoms with E-state index in [2.05, 4.69) is 148 Å². The van der Waals surface area contributed by atoms with Crippen LogP contribution >= 0.6 is 0 Å². The highest BCUT2D eigenvalue weighted by atomic mass is 16.6. The molecule has 0 amide bonds. The number of allylic oxidation sites excluding steroid dienone is 21. The molecule has 0 aromatic carbocycles. The van der Waals surface area contributed by atoms with Crippen LogP contribution in [0.3, 0.4) is 0 Å². The smallest absolute Gasteiger partial charge is 0.306 e. The fraction of sp³-hybridized carbons (Fsp3) is 0.619. The van der Waals surface area contributed by atoms with Gasteiger partial charge in [-0.2, -0.15) is 0 Å². The molecular weight excluding hydrogens is 837 g/mol. The average molecular weight is 940 g/mol. The van der Waals surface area contributed by atoms with Crippen LogP contribution in [0.25, 0.3) is 0 Å². The second kappa shape index (κ2) is 57.4. The molecule has 0 fully saturated rings. The first-order valence-electron chi connectivity index (χ1n) is 27.7. The Balaban J connectivity index is 4.50. The minimum Gasteiger partial charge on any atom is -0.462 e. The van der Waals surface area contributed by atoms with E-state index in [1.54, 1.807) is 0 Å². The highest BCUT2D eigenvalue weighted by Crippen LogP contribution is 2.15. The van der Waals surface area contributed by atoms with Crippen LogP contribution in [0, 0.1) is 0 Å². The van der Waals surface area contributed by atoms with Crippen LogP contribution in [0.2, 0.25) is 0 Å². The van der Waals surface area contributed by atoms with Crippen molar-refractivity contribution in [3.8, 4) is 0 Å². The summed E-state index contributed by atoms with van der Waals surface area (Å²) in [5.74, 6) is -0.538. The van der Waals surface area contributed by atoms with Crippen LogP contribution in [0.5, 0.6) is 0 Å². The second-order valence-electron chi connectivity index (χ2n) is 17.7. The number of unbranched alkanes of at least 4 members (excludes halogenated alkanes) is 16. The van der Waals surface area contributed by atoms with Crippen LogP contribution in [-0.2, 0) is 23.8 Å². The first-order chi connectivity index (χ1) is 33.6. The van der Waals surface area contributed by atoms with Gasteiger partial charge in [-0.1, -0.05) is 257 Å². The average Bonchev–Trinajstić information content (AvgIpc) is 3.34. The maximum atomic E-state index is 12.8. The molecule has 0 saturated carbocycles. The summed E-state index contributed by atoms with van der Waals surface area (Å²) in [6, 6.07) is 0. The van der Waals surface area contributed by atoms with Crippen LogP contribution in [0.4, 0.5) is 0 Å². The fourth-order valence-electron chi connectivity index (χ4n) is 7.19. The molecule has 1 atom stereocenters. The number of ether oxygens (including phenoxy) is 3. The van der Waals surface area contributed by atoms with Crippen molar-refractivity contribution in [2.45, 2.75) is 232 Å². The topological polar surface area (TPSA) is 61.8 Å². The van der Waals surface area contributed by atoms with Crippen molar-refractivity contribution in [3.05, 3.63) is 134 Å². The first-order valence-corrected chi connectivity index (χ1v) is 27.7. The van der Waals surface area contributed by atoms with E-state index in [-0.39, 0.29) is 31.6 Å². The van der Waals surface area contributed by atoms with E-state index < -0.39 is 6.10 Å². The van der Waals surface area contributed by atoms with Gasteiger partial charge >= 0.3 is 11.9 Å². The maximum Gasteiger partial charge on any atom is 0.306 e. The Labute approximate surface area is 419 Å². The molecule has 68 heavy (non-hydrogen) atoms. The molecule has 384 valence electrons. The molecule has 0 N–H and O–H groups in total. The van der Waals surface area contributed by atoms with Gasteiger partial charge in [-0.3, -0.25) is 9.59 Å². The van der Waals surface area contributed by atoms with E-state index in [9.17, 15) is 9.59 Å². The molecule has 0 aromatic rings. The molecule has 0 heterocycles. The van der Waals surface area contributed by atoms with Gasteiger partial charge in [0.05, 0.1) is 13.2 Å². The van der Waals surface area contributed by atoms with Crippen molar-refractivity contribution in [2.24, 2.45) is 0 Å². The van der Waals surface area contributed by atoms with Gasteiger partial charge in [-0.05, 0) is 89.9 Å². The van der Waals surface area contributed by atoms with Crippen LogP contribution in [0.1, 0.15) is 226 Å². The summed E-state index contributed by atoms with van der Waals surface area (Å²) >= 11 is 0. The summed E-state index contributed by atoms with van der Waals surface area (Å²) < 4.78 is 17.3. The van der Waals surface area contributed by atoms with Crippen LogP contribution < -0.4 is 0 Å². The van der Waals surface area contributed by atoms with E-state index in [1.165, 1.54) is 89.9 Å². The standard InChI is InChI=1S/C63H102O5/c1-4-7-10-13-16-19-22-25-28-31-32-34-35-38-41-44-47-50-53-56-62(64)67-60-61(59-66-58-55-52-49-46-43-40-37-30-27-24-21-18-15-12-9-6-3)68-63(65)57-54-51-48-45-42-39-36-33-29-26-23-20-17-14-11-8-5-2/h7,9-10,12,16,18-19,21,25,27-28,30,32,34,38,40-41,43,47,49-50,52,61H,4-6,8,11,13-15,17,20,22-24,26,29,31,33,35-37,39,42,44-46,48,51,53-60H2,1-3H3/b10-7-,12-9-,19-16-,21-18-,28-25-,30-27-,34-32-,41-38-,43-40-,50-47-,52-49-. The van der Waals surface area contributed by atoms with Gasteiger partial charge in [0.25, 0.3) is 0 Å². The lowest BCUT2D eigenvalue weighted by atomic mass is 10.0. The third-order valence-corrected chi connectivity index (χ3v) is 11.2. The Morgan fingerprint density at radius 2 is 0.662 bits per heavy atom. The van der Waals surface area contributed by atoms with E-state index in [1.807, 2.05) is 6.08 Å². The lowest BCUT2D eigenvalue weighted by molar-refractivity contribution is -0.162. The van der Waals surface area contributed by atoms with Gasteiger partial charge in [-0.25, -0.2) is 0 Å². The zero-order valence-electron chi connectivity index (χ0n) is 44.1. The van der Waals surface area contributed by atoms with Crippen LogP contribution in [-0.4, -0.2) is 37.9 Å². The Kier molecular flexibility index (Phi) is 54.0. The maximum absolute atomic E-state index is 12.8. The molecule has 0 bridgehead atoms. The normalized spacial score (nSPS) is 13.3. The number of hydrogen-bond donors (Lipinski definition) is 0. The van der Waals surface area contributed by atoms with Crippen molar-refractivity contribution < 1.29 is 23.8 Å². The second-order valence-corrected chi connectivity index (χ2v) is 17.7. The van der Waals surface area contributed by atoms with Gasteiger partial charge in [0, 0.05) is 12.8 Å². The number of esters is 2. The number of rotatable bonds is 49. The van der Waals surface area contributed by atoms with Gasteiger partial charge < -0.3 is 14.2 Å².